The van der Waals surface area contributed by atoms with Crippen molar-refractivity contribution in [2.75, 3.05) is 11.4 Å². The molecule has 1 N–H and O–H groups in total. The van der Waals surface area contributed by atoms with Crippen molar-refractivity contribution < 1.29 is 9.90 Å². The van der Waals surface area contributed by atoms with Crippen molar-refractivity contribution in [1.82, 2.24) is 4.98 Å². The lowest BCUT2D eigenvalue weighted by Gasteiger charge is -2.16. The summed E-state index contributed by atoms with van der Waals surface area (Å²) in [5.74, 6) is 2.70. The maximum Gasteiger partial charge on any atom is 0.229 e. The Morgan fingerprint density at radius 2 is 2.38 bits per heavy atom. The number of anilines is 1. The van der Waals surface area contributed by atoms with Gasteiger partial charge in [0.2, 0.25) is 5.91 Å². The molecular formula is C12H12N2O2. The van der Waals surface area contributed by atoms with Gasteiger partial charge < -0.3 is 5.11 Å². The van der Waals surface area contributed by atoms with E-state index in [1.807, 2.05) is 6.92 Å². The molecule has 16 heavy (non-hydrogen) atoms. The standard InChI is InChI=1S/C12H12N2O2/c1-3-9-6-11(16)14(7-9)12-10(15)5-4-8(2)13-12/h1,4-5,9,15H,6-7H2,2H3. The first-order valence-corrected chi connectivity index (χ1v) is 5.05. The molecule has 4 nitrogen and oxygen atoms in total. The van der Waals surface area contributed by atoms with E-state index in [1.165, 1.54) is 11.0 Å². The lowest BCUT2D eigenvalue weighted by molar-refractivity contribution is -0.117. The van der Waals surface area contributed by atoms with E-state index in [0.717, 1.165) is 5.69 Å². The van der Waals surface area contributed by atoms with Crippen LogP contribution in [-0.2, 0) is 4.79 Å². The topological polar surface area (TPSA) is 53.4 Å². The van der Waals surface area contributed by atoms with Crippen LogP contribution in [0.5, 0.6) is 5.75 Å². The quantitative estimate of drug-likeness (QED) is 0.715. The summed E-state index contributed by atoms with van der Waals surface area (Å²) < 4.78 is 0. The molecule has 1 aliphatic heterocycles. The van der Waals surface area contributed by atoms with Gasteiger partial charge in [-0.15, -0.1) is 12.3 Å². The molecule has 0 radical (unpaired) electrons. The third kappa shape index (κ3) is 1.72. The largest absolute Gasteiger partial charge is 0.504 e. The van der Waals surface area contributed by atoms with Gasteiger partial charge in [-0.2, -0.15) is 0 Å². The van der Waals surface area contributed by atoms with Crippen LogP contribution >= 0.6 is 0 Å². The van der Waals surface area contributed by atoms with E-state index in [2.05, 4.69) is 10.9 Å². The fraction of sp³-hybridized carbons (Fsp3) is 0.333. The van der Waals surface area contributed by atoms with Crippen molar-refractivity contribution in [2.45, 2.75) is 13.3 Å². The average molecular weight is 216 g/mol. The molecule has 0 spiro atoms. The highest BCUT2D eigenvalue weighted by Gasteiger charge is 2.31. The van der Waals surface area contributed by atoms with Gasteiger partial charge in [0.1, 0.15) is 0 Å². The number of aromatic nitrogens is 1. The Kier molecular flexibility index (Phi) is 2.53. The average Bonchev–Trinajstić information content (AvgIpc) is 2.63. The zero-order valence-corrected chi connectivity index (χ0v) is 8.97. The fourth-order valence-electron chi connectivity index (χ4n) is 1.76. The van der Waals surface area contributed by atoms with Crippen molar-refractivity contribution in [3.05, 3.63) is 17.8 Å². The smallest absolute Gasteiger partial charge is 0.229 e. The van der Waals surface area contributed by atoms with Crippen LogP contribution < -0.4 is 4.90 Å². The first-order chi connectivity index (χ1) is 7.61. The van der Waals surface area contributed by atoms with Crippen molar-refractivity contribution in [2.24, 2.45) is 5.92 Å². The number of terminal acetylenes is 1. The van der Waals surface area contributed by atoms with Gasteiger partial charge in [-0.25, -0.2) is 4.98 Å². The molecule has 2 rings (SSSR count). The predicted octanol–water partition coefficient (Wildman–Crippen LogP) is 1.08. The summed E-state index contributed by atoms with van der Waals surface area (Å²) in [6.07, 6.45) is 5.62. The van der Waals surface area contributed by atoms with Gasteiger partial charge in [-0.05, 0) is 19.1 Å². The van der Waals surface area contributed by atoms with Crippen LogP contribution in [0.1, 0.15) is 12.1 Å². The highest BCUT2D eigenvalue weighted by atomic mass is 16.3. The summed E-state index contributed by atoms with van der Waals surface area (Å²) in [5.41, 5.74) is 0.754. The summed E-state index contributed by atoms with van der Waals surface area (Å²) in [6, 6.07) is 3.23. The van der Waals surface area contributed by atoms with Crippen LogP contribution in [0.15, 0.2) is 12.1 Å². The van der Waals surface area contributed by atoms with E-state index in [4.69, 9.17) is 6.42 Å². The number of hydrogen-bond acceptors (Lipinski definition) is 3. The molecule has 1 aromatic rings. The van der Waals surface area contributed by atoms with Crippen LogP contribution in [-0.4, -0.2) is 22.5 Å². The zero-order valence-electron chi connectivity index (χ0n) is 8.97. The number of amides is 1. The molecule has 2 heterocycles. The van der Waals surface area contributed by atoms with Gasteiger partial charge in [-0.1, -0.05) is 0 Å². The number of pyridine rings is 1. The Balaban J connectivity index is 2.35. The summed E-state index contributed by atoms with van der Waals surface area (Å²) in [7, 11) is 0. The van der Waals surface area contributed by atoms with Gasteiger partial charge in [0.25, 0.3) is 0 Å². The molecule has 4 heteroatoms. The number of carbonyl (C=O) groups is 1. The fourth-order valence-corrected chi connectivity index (χ4v) is 1.76. The molecule has 0 bridgehead atoms. The Hall–Kier alpha value is -2.02. The Morgan fingerprint density at radius 1 is 1.62 bits per heavy atom. The monoisotopic (exact) mass is 216 g/mol. The molecule has 1 unspecified atom stereocenters. The molecule has 82 valence electrons. The molecule has 0 saturated carbocycles. The third-order valence-corrected chi connectivity index (χ3v) is 2.61. The molecule has 1 amide bonds. The Morgan fingerprint density at radius 3 is 3.00 bits per heavy atom. The summed E-state index contributed by atoms with van der Waals surface area (Å²) >= 11 is 0. The predicted molar refractivity (Wildman–Crippen MR) is 59.9 cm³/mol. The summed E-state index contributed by atoms with van der Waals surface area (Å²) in [5, 5.41) is 9.66. The van der Waals surface area contributed by atoms with E-state index in [9.17, 15) is 9.90 Å². The normalized spacial score (nSPS) is 19.9. The second-order valence-electron chi connectivity index (χ2n) is 3.87. The summed E-state index contributed by atoms with van der Waals surface area (Å²) in [6.45, 7) is 2.24. The number of carbonyl (C=O) groups excluding carboxylic acids is 1. The third-order valence-electron chi connectivity index (χ3n) is 2.61. The number of nitrogens with zero attached hydrogens (tertiary/aromatic N) is 2. The van der Waals surface area contributed by atoms with E-state index in [0.29, 0.717) is 18.8 Å². The molecule has 1 atom stereocenters. The lowest BCUT2D eigenvalue weighted by Crippen LogP contribution is -2.25. The van der Waals surface area contributed by atoms with Gasteiger partial charge in [0.05, 0.1) is 0 Å². The second-order valence-corrected chi connectivity index (χ2v) is 3.87. The first kappa shape index (κ1) is 10.5. The van der Waals surface area contributed by atoms with Gasteiger partial charge in [-0.3, -0.25) is 9.69 Å². The maximum atomic E-state index is 11.7. The van der Waals surface area contributed by atoms with E-state index >= 15 is 0 Å². The number of hydrogen-bond donors (Lipinski definition) is 1. The first-order valence-electron chi connectivity index (χ1n) is 5.05. The minimum atomic E-state index is -0.0887. The molecular weight excluding hydrogens is 204 g/mol. The minimum Gasteiger partial charge on any atom is -0.504 e. The van der Waals surface area contributed by atoms with Crippen LogP contribution in [0.4, 0.5) is 5.82 Å². The lowest BCUT2D eigenvalue weighted by atomic mass is 10.1. The SMILES string of the molecule is C#CC1CC(=O)N(c2nc(C)ccc2O)C1. The van der Waals surface area contributed by atoms with Crippen LogP contribution in [0.3, 0.4) is 0 Å². The molecule has 1 aromatic heterocycles. The number of rotatable bonds is 1. The van der Waals surface area contributed by atoms with Crippen molar-refractivity contribution in [1.29, 1.82) is 0 Å². The Bertz CT molecular complexity index is 476. The van der Waals surface area contributed by atoms with Gasteiger partial charge >= 0.3 is 0 Å². The Labute approximate surface area is 93.9 Å². The van der Waals surface area contributed by atoms with Gasteiger partial charge in [0, 0.05) is 24.6 Å². The summed E-state index contributed by atoms with van der Waals surface area (Å²) in [4.78, 5) is 17.3. The van der Waals surface area contributed by atoms with E-state index in [-0.39, 0.29) is 17.6 Å². The highest BCUT2D eigenvalue weighted by molar-refractivity contribution is 5.96. The maximum absolute atomic E-state index is 11.7. The van der Waals surface area contributed by atoms with E-state index in [1.54, 1.807) is 6.07 Å². The minimum absolute atomic E-state index is 0.0108. The molecule has 1 fully saturated rings. The van der Waals surface area contributed by atoms with Crippen molar-refractivity contribution in [3.8, 4) is 18.1 Å². The highest BCUT2D eigenvalue weighted by Crippen LogP contribution is 2.30. The number of aryl methyl sites for hydroxylation is 1. The molecule has 0 aliphatic carbocycles. The number of aromatic hydroxyl groups is 1. The van der Waals surface area contributed by atoms with Crippen LogP contribution in [0.2, 0.25) is 0 Å². The second kappa shape index (κ2) is 3.86. The zero-order chi connectivity index (χ0) is 11.7. The molecule has 1 aliphatic rings. The van der Waals surface area contributed by atoms with Crippen LogP contribution in [0, 0.1) is 25.2 Å². The van der Waals surface area contributed by atoms with Crippen LogP contribution in [0.25, 0.3) is 0 Å². The van der Waals surface area contributed by atoms with Crippen molar-refractivity contribution in [3.63, 3.8) is 0 Å². The molecule has 1 saturated heterocycles. The van der Waals surface area contributed by atoms with E-state index < -0.39 is 0 Å². The van der Waals surface area contributed by atoms with Crippen molar-refractivity contribution >= 4 is 11.7 Å². The molecule has 0 aromatic carbocycles. The van der Waals surface area contributed by atoms with Gasteiger partial charge in [0.15, 0.2) is 11.6 Å².